The molecule has 0 saturated carbocycles. The molecule has 0 N–H and O–H groups in total. The summed E-state index contributed by atoms with van der Waals surface area (Å²) < 4.78 is 42.1. The number of hydrogen-bond acceptors (Lipinski definition) is 5. The summed E-state index contributed by atoms with van der Waals surface area (Å²) in [6.45, 7) is 1.00. The lowest BCUT2D eigenvalue weighted by Crippen LogP contribution is -2.24. The average molecular weight is 465 g/mol. The van der Waals surface area contributed by atoms with E-state index in [1.807, 2.05) is 0 Å². The molecule has 3 aromatic heterocycles. The number of fused-ring (bicyclic) bond motifs is 1. The molecule has 4 aromatic rings. The highest BCUT2D eigenvalue weighted by Gasteiger charge is 2.38. The molecule has 3 heterocycles. The van der Waals surface area contributed by atoms with Crippen LogP contribution in [0.25, 0.3) is 28.1 Å². The first-order valence-corrected chi connectivity index (χ1v) is 9.16. The molecule has 4 rings (SSSR count). The van der Waals surface area contributed by atoms with Crippen LogP contribution in [0.1, 0.15) is 13.0 Å². The maximum Gasteiger partial charge on any atom is 0.408 e. The number of nitrogens with zero attached hydrogens (tertiary/aromatic N) is 6. The van der Waals surface area contributed by atoms with Crippen molar-refractivity contribution < 1.29 is 13.2 Å². The normalized spacial score (nSPS) is 13.0. The third-order valence-electron chi connectivity index (χ3n) is 4.39. The summed E-state index contributed by atoms with van der Waals surface area (Å²) >= 11 is 3.33. The van der Waals surface area contributed by atoms with E-state index in [9.17, 15) is 18.0 Å². The van der Waals surface area contributed by atoms with Crippen molar-refractivity contribution in [1.82, 2.24) is 29.5 Å². The zero-order chi connectivity index (χ0) is 20.8. The van der Waals surface area contributed by atoms with Gasteiger partial charge in [0.15, 0.2) is 11.6 Å². The Bertz CT molecular complexity index is 1270. The van der Waals surface area contributed by atoms with Crippen LogP contribution in [-0.4, -0.2) is 35.7 Å². The molecule has 0 amide bonds. The van der Waals surface area contributed by atoms with Crippen LogP contribution in [0.3, 0.4) is 0 Å². The van der Waals surface area contributed by atoms with E-state index in [0.29, 0.717) is 10.8 Å². The summed E-state index contributed by atoms with van der Waals surface area (Å²) in [6.07, 6.45) is -1.95. The third-order valence-corrected chi connectivity index (χ3v) is 4.89. The van der Waals surface area contributed by atoms with E-state index in [4.69, 9.17) is 0 Å². The lowest BCUT2D eigenvalue weighted by Gasteiger charge is -2.18. The van der Waals surface area contributed by atoms with Crippen molar-refractivity contribution in [2.75, 3.05) is 0 Å². The lowest BCUT2D eigenvalue weighted by molar-refractivity contribution is -0.162. The highest BCUT2D eigenvalue weighted by molar-refractivity contribution is 9.10. The predicted molar refractivity (Wildman–Crippen MR) is 103 cm³/mol. The Kier molecular flexibility index (Phi) is 4.69. The number of rotatable bonds is 3. The Morgan fingerprint density at radius 1 is 1.17 bits per heavy atom. The van der Waals surface area contributed by atoms with E-state index in [-0.39, 0.29) is 17.3 Å². The second-order valence-corrected chi connectivity index (χ2v) is 7.17. The van der Waals surface area contributed by atoms with Crippen LogP contribution in [0, 0.1) is 0 Å². The zero-order valence-corrected chi connectivity index (χ0v) is 16.4. The van der Waals surface area contributed by atoms with Gasteiger partial charge in [-0.15, -0.1) is 10.2 Å². The Morgan fingerprint density at radius 3 is 2.72 bits per heavy atom. The van der Waals surface area contributed by atoms with E-state index in [2.05, 4.69) is 36.2 Å². The second-order valence-electron chi connectivity index (χ2n) is 6.25. The van der Waals surface area contributed by atoms with Gasteiger partial charge < -0.3 is 4.57 Å². The quantitative estimate of drug-likeness (QED) is 0.459. The van der Waals surface area contributed by atoms with Crippen molar-refractivity contribution in [3.05, 3.63) is 63.7 Å². The van der Waals surface area contributed by atoms with Gasteiger partial charge >= 0.3 is 6.18 Å². The van der Waals surface area contributed by atoms with Gasteiger partial charge in [-0.25, -0.2) is 4.98 Å². The minimum atomic E-state index is -4.47. The van der Waals surface area contributed by atoms with Crippen LogP contribution in [0.15, 0.2) is 58.2 Å². The summed E-state index contributed by atoms with van der Waals surface area (Å²) in [5.41, 5.74) is -0.266. The number of pyridine rings is 1. The summed E-state index contributed by atoms with van der Waals surface area (Å²) in [4.78, 5) is 17.1. The van der Waals surface area contributed by atoms with Gasteiger partial charge in [0.05, 0.1) is 11.6 Å². The van der Waals surface area contributed by atoms with Crippen molar-refractivity contribution in [2.24, 2.45) is 0 Å². The molecular weight excluding hydrogens is 453 g/mol. The largest absolute Gasteiger partial charge is 0.408 e. The summed E-state index contributed by atoms with van der Waals surface area (Å²) in [5.74, 6) is 0.0943. The van der Waals surface area contributed by atoms with Gasteiger partial charge in [-0.2, -0.15) is 23.0 Å². The molecule has 1 unspecified atom stereocenters. The minimum Gasteiger partial charge on any atom is -0.300 e. The van der Waals surface area contributed by atoms with Crippen LogP contribution < -0.4 is 5.56 Å². The van der Waals surface area contributed by atoms with Gasteiger partial charge in [-0.3, -0.25) is 4.79 Å². The van der Waals surface area contributed by atoms with Crippen molar-refractivity contribution in [3.63, 3.8) is 0 Å². The van der Waals surface area contributed by atoms with Crippen molar-refractivity contribution in [3.8, 4) is 17.3 Å². The molecule has 1 aromatic carbocycles. The first-order valence-electron chi connectivity index (χ1n) is 8.37. The van der Waals surface area contributed by atoms with Crippen LogP contribution >= 0.6 is 15.9 Å². The summed E-state index contributed by atoms with van der Waals surface area (Å²) in [7, 11) is 0. The predicted octanol–water partition coefficient (Wildman–Crippen LogP) is 3.93. The monoisotopic (exact) mass is 464 g/mol. The van der Waals surface area contributed by atoms with Crippen molar-refractivity contribution in [1.29, 1.82) is 0 Å². The summed E-state index contributed by atoms with van der Waals surface area (Å²) in [5, 5.41) is 12.6. The molecule has 0 aliphatic heterocycles. The van der Waals surface area contributed by atoms with Gasteiger partial charge in [0.1, 0.15) is 18.1 Å². The molecule has 0 bridgehead atoms. The first kappa shape index (κ1) is 19.2. The van der Waals surface area contributed by atoms with Gasteiger partial charge in [0.2, 0.25) is 0 Å². The molecule has 11 heteroatoms. The number of halogens is 4. The highest BCUT2D eigenvalue weighted by Crippen LogP contribution is 2.32. The maximum absolute atomic E-state index is 13.1. The second kappa shape index (κ2) is 7.07. The average Bonchev–Trinajstić information content (AvgIpc) is 3.17. The number of alkyl halides is 3. The Hall–Kier alpha value is -3.08. The van der Waals surface area contributed by atoms with E-state index in [1.165, 1.54) is 18.3 Å². The van der Waals surface area contributed by atoms with Crippen LogP contribution in [0.5, 0.6) is 0 Å². The number of hydrogen-bond donors (Lipinski definition) is 0. The number of benzene rings is 1. The Labute approximate surface area is 170 Å². The molecule has 0 fully saturated rings. The van der Waals surface area contributed by atoms with E-state index >= 15 is 0 Å². The Balaban J connectivity index is 1.83. The molecule has 29 heavy (non-hydrogen) atoms. The minimum absolute atomic E-state index is 0.0618. The van der Waals surface area contributed by atoms with Gasteiger partial charge in [-0.1, -0.05) is 28.1 Å². The van der Waals surface area contributed by atoms with Crippen molar-refractivity contribution >= 4 is 26.7 Å². The molecule has 0 spiro atoms. The standard InChI is InChI=1S/C18H12BrF3N6O/c1-10(18(20,21)22)27-9-23-26-16(27)14-3-2-4-15(25-14)28-17(29)13-7-12(19)6-5-11(13)8-24-28/h2-10H,1H3. The lowest BCUT2D eigenvalue weighted by atomic mass is 10.2. The summed E-state index contributed by atoms with van der Waals surface area (Å²) in [6, 6.07) is 7.97. The highest BCUT2D eigenvalue weighted by atomic mass is 79.9. The van der Waals surface area contributed by atoms with E-state index < -0.39 is 17.8 Å². The maximum atomic E-state index is 13.1. The first-order chi connectivity index (χ1) is 13.8. The smallest absolute Gasteiger partial charge is 0.300 e. The number of aromatic nitrogens is 6. The third kappa shape index (κ3) is 3.53. The molecule has 7 nitrogen and oxygen atoms in total. The van der Waals surface area contributed by atoms with Gasteiger partial charge in [-0.05, 0) is 31.2 Å². The molecule has 1 atom stereocenters. The molecule has 0 radical (unpaired) electrons. The van der Waals surface area contributed by atoms with Gasteiger partial charge in [0, 0.05) is 9.86 Å². The van der Waals surface area contributed by atoms with Crippen molar-refractivity contribution in [2.45, 2.75) is 19.1 Å². The molecule has 0 aliphatic carbocycles. The topological polar surface area (TPSA) is 78.5 Å². The van der Waals surface area contributed by atoms with E-state index in [1.54, 1.807) is 24.3 Å². The van der Waals surface area contributed by atoms with Gasteiger partial charge in [0.25, 0.3) is 5.56 Å². The van der Waals surface area contributed by atoms with Crippen LogP contribution in [-0.2, 0) is 0 Å². The Morgan fingerprint density at radius 2 is 1.97 bits per heavy atom. The molecule has 0 aliphatic rings. The van der Waals surface area contributed by atoms with E-state index in [0.717, 1.165) is 27.0 Å². The molecular formula is C18H12BrF3N6O. The molecule has 0 saturated heterocycles. The SMILES string of the molecule is CC(n1cnnc1-c1cccc(-n2ncc3ccc(Br)cc3c2=O)n1)C(F)(F)F. The fourth-order valence-electron chi connectivity index (χ4n) is 2.81. The van der Waals surface area contributed by atoms with Crippen LogP contribution in [0.4, 0.5) is 13.2 Å². The molecule has 148 valence electrons. The van der Waals surface area contributed by atoms with Crippen LogP contribution in [0.2, 0.25) is 0 Å². The fraction of sp³-hybridized carbons (Fsp3) is 0.167. The fourth-order valence-corrected chi connectivity index (χ4v) is 3.17. The zero-order valence-electron chi connectivity index (χ0n) is 14.8.